The lowest BCUT2D eigenvalue weighted by molar-refractivity contribution is 0.171. The predicted octanol–water partition coefficient (Wildman–Crippen LogP) is 1.81. The molecule has 7 nitrogen and oxygen atoms in total. The number of ether oxygens (including phenoxy) is 2. The van der Waals surface area contributed by atoms with Gasteiger partial charge in [-0.15, -0.1) is 0 Å². The largest absolute Gasteiger partial charge is 0.486 e. The first-order valence-corrected chi connectivity index (χ1v) is 9.89. The van der Waals surface area contributed by atoms with Gasteiger partial charge in [-0.3, -0.25) is 0 Å². The van der Waals surface area contributed by atoms with Crippen LogP contribution in [0.5, 0.6) is 11.5 Å². The summed E-state index contributed by atoms with van der Waals surface area (Å²) in [6.07, 6.45) is 5.21. The summed E-state index contributed by atoms with van der Waals surface area (Å²) >= 11 is 0. The first-order chi connectivity index (χ1) is 12.0. The summed E-state index contributed by atoms with van der Waals surface area (Å²) in [5.74, 6) is 2.10. The van der Waals surface area contributed by atoms with Gasteiger partial charge in [-0.25, -0.2) is 13.4 Å². The molecule has 25 heavy (non-hydrogen) atoms. The van der Waals surface area contributed by atoms with Crippen molar-refractivity contribution in [3.05, 3.63) is 35.9 Å². The summed E-state index contributed by atoms with van der Waals surface area (Å²) in [6.45, 7) is 2.11. The molecule has 3 heterocycles. The summed E-state index contributed by atoms with van der Waals surface area (Å²) in [5.41, 5.74) is 0.778. The van der Waals surface area contributed by atoms with Crippen LogP contribution in [0.3, 0.4) is 0 Å². The summed E-state index contributed by atoms with van der Waals surface area (Å²) in [7, 11) is -2.05. The summed E-state index contributed by atoms with van der Waals surface area (Å²) in [4.78, 5) is 4.78. The molecule has 0 radical (unpaired) electrons. The number of rotatable bonds is 4. The molecule has 0 N–H and O–H groups in total. The molecule has 2 aromatic rings. The molecule has 0 unspecified atom stereocenters. The Hall–Kier alpha value is -2.06. The Morgan fingerprint density at radius 2 is 2.00 bits per heavy atom. The van der Waals surface area contributed by atoms with Gasteiger partial charge in [0.25, 0.3) is 0 Å². The Balaban J connectivity index is 1.56. The molecule has 8 heteroatoms. The van der Waals surface area contributed by atoms with E-state index >= 15 is 0 Å². The van der Waals surface area contributed by atoms with Crippen molar-refractivity contribution in [3.8, 4) is 11.5 Å². The fourth-order valence-corrected chi connectivity index (χ4v) is 4.38. The molecule has 0 aliphatic carbocycles. The number of benzene rings is 1. The molecular weight excluding hydrogens is 342 g/mol. The van der Waals surface area contributed by atoms with Crippen LogP contribution in [0, 0.1) is 0 Å². The Labute approximate surface area is 147 Å². The Morgan fingerprint density at radius 3 is 2.80 bits per heavy atom. The quantitative estimate of drug-likeness (QED) is 0.828. The highest BCUT2D eigenvalue weighted by atomic mass is 32.2. The summed E-state index contributed by atoms with van der Waals surface area (Å²) in [6, 6.07) is 4.72. The molecule has 0 bridgehead atoms. The van der Waals surface area contributed by atoms with E-state index in [0.717, 1.165) is 37.3 Å². The molecule has 4 rings (SSSR count). The van der Waals surface area contributed by atoms with Crippen molar-refractivity contribution in [2.75, 3.05) is 20.3 Å². The van der Waals surface area contributed by atoms with Crippen molar-refractivity contribution in [1.29, 1.82) is 0 Å². The molecule has 0 amide bonds. The van der Waals surface area contributed by atoms with E-state index < -0.39 is 10.0 Å². The lowest BCUT2D eigenvalue weighted by atomic mass is 10.2. The van der Waals surface area contributed by atoms with E-state index in [1.54, 1.807) is 19.2 Å². The van der Waals surface area contributed by atoms with E-state index in [2.05, 4.69) is 9.55 Å². The molecule has 2 aliphatic rings. The lowest BCUT2D eigenvalue weighted by Gasteiger charge is -2.20. The maximum Gasteiger partial charge on any atom is 0.243 e. The monoisotopic (exact) mass is 363 g/mol. The molecular formula is C17H21N3O4S. The molecule has 0 spiro atoms. The standard InChI is InChI=1S/C17H21N3O4S/c1-19(11-13-12-20-7-3-2-4-17(20)18-13)25(21,22)14-5-6-15-16(10-14)24-9-8-23-15/h5-6,10,12H,2-4,7-9,11H2,1H3. The van der Waals surface area contributed by atoms with Gasteiger partial charge < -0.3 is 14.0 Å². The number of aromatic nitrogens is 2. The number of imidazole rings is 1. The molecule has 0 fully saturated rings. The Bertz CT molecular complexity index is 868. The molecule has 1 aromatic heterocycles. The number of fused-ring (bicyclic) bond motifs is 2. The first-order valence-electron chi connectivity index (χ1n) is 8.45. The van der Waals surface area contributed by atoms with Gasteiger partial charge in [-0.05, 0) is 25.0 Å². The zero-order valence-corrected chi connectivity index (χ0v) is 15.0. The maximum atomic E-state index is 12.9. The minimum atomic E-state index is -3.62. The molecule has 2 aliphatic heterocycles. The maximum absolute atomic E-state index is 12.9. The third-order valence-electron chi connectivity index (χ3n) is 4.56. The van der Waals surface area contributed by atoms with Crippen molar-refractivity contribution in [3.63, 3.8) is 0 Å². The van der Waals surface area contributed by atoms with Gasteiger partial charge in [0.15, 0.2) is 11.5 Å². The number of hydrogen-bond donors (Lipinski definition) is 0. The van der Waals surface area contributed by atoms with Crippen molar-refractivity contribution < 1.29 is 17.9 Å². The fraction of sp³-hybridized carbons (Fsp3) is 0.471. The summed E-state index contributed by atoms with van der Waals surface area (Å²) < 4.78 is 40.1. The van der Waals surface area contributed by atoms with Crippen molar-refractivity contribution >= 4 is 10.0 Å². The van der Waals surface area contributed by atoms with E-state index in [0.29, 0.717) is 24.7 Å². The van der Waals surface area contributed by atoms with E-state index in [1.165, 1.54) is 10.4 Å². The highest BCUT2D eigenvalue weighted by Gasteiger charge is 2.25. The SMILES string of the molecule is CN(Cc1cn2c(n1)CCCC2)S(=O)(=O)c1ccc2c(c1)OCCO2. The highest BCUT2D eigenvalue weighted by Crippen LogP contribution is 2.33. The van der Waals surface area contributed by atoms with Crippen LogP contribution >= 0.6 is 0 Å². The molecule has 0 saturated heterocycles. The summed E-state index contributed by atoms with van der Waals surface area (Å²) in [5, 5.41) is 0. The third-order valence-corrected chi connectivity index (χ3v) is 6.36. The van der Waals surface area contributed by atoms with Crippen molar-refractivity contribution in [2.45, 2.75) is 37.2 Å². The number of nitrogens with zero attached hydrogens (tertiary/aromatic N) is 3. The Kier molecular flexibility index (Phi) is 4.16. The average Bonchev–Trinajstić information content (AvgIpc) is 3.03. The zero-order chi connectivity index (χ0) is 17.4. The second-order valence-electron chi connectivity index (χ2n) is 6.37. The van der Waals surface area contributed by atoms with Gasteiger partial charge in [0.1, 0.15) is 19.0 Å². The van der Waals surface area contributed by atoms with Gasteiger partial charge in [-0.2, -0.15) is 4.31 Å². The fourth-order valence-electron chi connectivity index (χ4n) is 3.23. The highest BCUT2D eigenvalue weighted by molar-refractivity contribution is 7.89. The van der Waals surface area contributed by atoms with Crippen LogP contribution in [0.4, 0.5) is 0 Å². The first kappa shape index (κ1) is 16.4. The number of hydrogen-bond acceptors (Lipinski definition) is 5. The van der Waals surface area contributed by atoms with Crippen molar-refractivity contribution in [1.82, 2.24) is 13.9 Å². The van der Waals surface area contributed by atoms with Crippen LogP contribution in [0.15, 0.2) is 29.3 Å². The number of sulfonamides is 1. The van der Waals surface area contributed by atoms with Crippen LogP contribution in [0.1, 0.15) is 24.4 Å². The van der Waals surface area contributed by atoms with Crippen LogP contribution in [-0.2, 0) is 29.5 Å². The van der Waals surface area contributed by atoms with Gasteiger partial charge in [-0.1, -0.05) is 0 Å². The normalized spacial score (nSPS) is 16.7. The molecule has 0 saturated carbocycles. The molecule has 1 aromatic carbocycles. The minimum Gasteiger partial charge on any atom is -0.486 e. The second-order valence-corrected chi connectivity index (χ2v) is 8.41. The van der Waals surface area contributed by atoms with Crippen LogP contribution in [0.2, 0.25) is 0 Å². The van der Waals surface area contributed by atoms with E-state index in [-0.39, 0.29) is 11.4 Å². The Morgan fingerprint density at radius 1 is 1.20 bits per heavy atom. The van der Waals surface area contributed by atoms with Crippen LogP contribution in [0.25, 0.3) is 0 Å². The third kappa shape index (κ3) is 3.11. The average molecular weight is 363 g/mol. The predicted molar refractivity (Wildman–Crippen MR) is 91.2 cm³/mol. The smallest absolute Gasteiger partial charge is 0.243 e. The van der Waals surface area contributed by atoms with E-state index in [1.807, 2.05) is 6.20 Å². The molecule has 0 atom stereocenters. The van der Waals surface area contributed by atoms with E-state index in [9.17, 15) is 8.42 Å². The second kappa shape index (κ2) is 6.34. The van der Waals surface area contributed by atoms with Gasteiger partial charge >= 0.3 is 0 Å². The van der Waals surface area contributed by atoms with Crippen LogP contribution < -0.4 is 9.47 Å². The van der Waals surface area contributed by atoms with Gasteiger partial charge in [0.2, 0.25) is 10.0 Å². The number of aryl methyl sites for hydroxylation is 2. The lowest BCUT2D eigenvalue weighted by Crippen LogP contribution is -2.27. The zero-order valence-electron chi connectivity index (χ0n) is 14.1. The van der Waals surface area contributed by atoms with E-state index in [4.69, 9.17) is 9.47 Å². The van der Waals surface area contributed by atoms with Gasteiger partial charge in [0.05, 0.1) is 17.1 Å². The topological polar surface area (TPSA) is 73.7 Å². The van der Waals surface area contributed by atoms with Gasteiger partial charge in [0, 0.05) is 32.3 Å². The van der Waals surface area contributed by atoms with Crippen LogP contribution in [-0.4, -0.2) is 42.5 Å². The minimum absolute atomic E-state index is 0.197. The van der Waals surface area contributed by atoms with Crippen molar-refractivity contribution in [2.24, 2.45) is 0 Å². The molecule has 134 valence electrons.